The quantitative estimate of drug-likeness (QED) is 0.277. The van der Waals surface area contributed by atoms with E-state index >= 15 is 0 Å². The number of amides is 2. The first-order chi connectivity index (χ1) is 19.0. The maximum atomic E-state index is 13.7. The standard InChI is InChI=1S/C30H35Cl2N3O4S/c1-22(2)33-30(37)28(20-23-11-6-4-7-12-23)35(21-24-16-17-26(31)27(32)19-24)29(36)15-10-18-34(3)40(38,39)25-13-8-5-9-14-25/h4-9,11-14,16-17,19,22,28H,10,15,18,20-21H2,1-3H3,(H,33,37). The van der Waals surface area contributed by atoms with Crippen LogP contribution in [0, 0.1) is 0 Å². The smallest absolute Gasteiger partial charge is 0.243 e. The van der Waals surface area contributed by atoms with Crippen LogP contribution in [0.5, 0.6) is 0 Å². The third kappa shape index (κ3) is 8.80. The summed E-state index contributed by atoms with van der Waals surface area (Å²) in [5.74, 6) is -0.535. The molecule has 0 aromatic heterocycles. The van der Waals surface area contributed by atoms with Crippen LogP contribution in [0.4, 0.5) is 0 Å². The predicted octanol–water partition coefficient (Wildman–Crippen LogP) is 5.56. The molecule has 3 aromatic rings. The fraction of sp³-hybridized carbons (Fsp3) is 0.333. The maximum absolute atomic E-state index is 13.7. The summed E-state index contributed by atoms with van der Waals surface area (Å²) in [7, 11) is -2.19. The third-order valence-corrected chi connectivity index (χ3v) is 8.96. The average molecular weight is 605 g/mol. The lowest BCUT2D eigenvalue weighted by molar-refractivity contribution is -0.141. The van der Waals surface area contributed by atoms with Gasteiger partial charge in [-0.25, -0.2) is 12.7 Å². The largest absolute Gasteiger partial charge is 0.352 e. The molecule has 2 amide bonds. The van der Waals surface area contributed by atoms with Crippen molar-refractivity contribution in [1.29, 1.82) is 0 Å². The van der Waals surface area contributed by atoms with Gasteiger partial charge in [0.1, 0.15) is 6.04 Å². The number of carbonyl (C=O) groups excluding carboxylic acids is 2. The molecule has 0 saturated heterocycles. The summed E-state index contributed by atoms with van der Waals surface area (Å²) >= 11 is 12.4. The number of rotatable bonds is 13. The van der Waals surface area contributed by atoms with Crippen LogP contribution in [-0.2, 0) is 32.6 Å². The van der Waals surface area contributed by atoms with Crippen molar-refractivity contribution >= 4 is 45.0 Å². The Hall–Kier alpha value is -2.91. The van der Waals surface area contributed by atoms with Gasteiger partial charge in [0.05, 0.1) is 14.9 Å². The SMILES string of the molecule is CC(C)NC(=O)C(Cc1ccccc1)N(Cc1ccc(Cl)c(Cl)c1)C(=O)CCCN(C)S(=O)(=O)c1ccccc1. The maximum Gasteiger partial charge on any atom is 0.243 e. The first-order valence-corrected chi connectivity index (χ1v) is 15.3. The van der Waals surface area contributed by atoms with Gasteiger partial charge in [-0.15, -0.1) is 0 Å². The van der Waals surface area contributed by atoms with E-state index in [0.29, 0.717) is 16.5 Å². The van der Waals surface area contributed by atoms with Gasteiger partial charge in [0.25, 0.3) is 0 Å². The van der Waals surface area contributed by atoms with Crippen LogP contribution in [0.3, 0.4) is 0 Å². The number of sulfonamides is 1. The van der Waals surface area contributed by atoms with E-state index in [1.807, 2.05) is 44.2 Å². The van der Waals surface area contributed by atoms with Gasteiger partial charge in [-0.2, -0.15) is 0 Å². The zero-order valence-corrected chi connectivity index (χ0v) is 25.2. The zero-order valence-electron chi connectivity index (χ0n) is 22.9. The van der Waals surface area contributed by atoms with Crippen LogP contribution >= 0.6 is 23.2 Å². The second-order valence-electron chi connectivity index (χ2n) is 9.88. The molecule has 3 aromatic carbocycles. The highest BCUT2D eigenvalue weighted by Crippen LogP contribution is 2.25. The molecule has 0 heterocycles. The van der Waals surface area contributed by atoms with Gasteiger partial charge in [0, 0.05) is 39.0 Å². The Labute approximate surface area is 247 Å². The van der Waals surface area contributed by atoms with E-state index in [4.69, 9.17) is 23.2 Å². The van der Waals surface area contributed by atoms with Gasteiger partial charge in [-0.3, -0.25) is 9.59 Å². The summed E-state index contributed by atoms with van der Waals surface area (Å²) in [4.78, 5) is 28.9. The topological polar surface area (TPSA) is 86.8 Å². The lowest BCUT2D eigenvalue weighted by atomic mass is 10.0. The first-order valence-electron chi connectivity index (χ1n) is 13.1. The molecule has 0 spiro atoms. The lowest BCUT2D eigenvalue weighted by Crippen LogP contribution is -2.51. The number of carbonyl (C=O) groups is 2. The van der Waals surface area contributed by atoms with Crippen LogP contribution < -0.4 is 5.32 Å². The predicted molar refractivity (Wildman–Crippen MR) is 160 cm³/mol. The Bertz CT molecular complexity index is 1390. The Morgan fingerprint density at radius 3 is 2.10 bits per heavy atom. The van der Waals surface area contributed by atoms with Crippen LogP contribution in [-0.4, -0.2) is 55.1 Å². The summed E-state index contributed by atoms with van der Waals surface area (Å²) < 4.78 is 27.0. The molecule has 0 aliphatic carbocycles. The molecule has 0 fully saturated rings. The molecule has 0 aliphatic rings. The molecule has 3 rings (SSSR count). The minimum absolute atomic E-state index is 0.0518. The van der Waals surface area contributed by atoms with Crippen molar-refractivity contribution in [3.8, 4) is 0 Å². The van der Waals surface area contributed by atoms with E-state index in [0.717, 1.165) is 11.1 Å². The van der Waals surface area contributed by atoms with Crippen molar-refractivity contribution in [2.45, 2.75) is 56.6 Å². The Kier molecular flexibility index (Phi) is 11.6. The van der Waals surface area contributed by atoms with E-state index in [9.17, 15) is 18.0 Å². The van der Waals surface area contributed by atoms with Crippen molar-refractivity contribution < 1.29 is 18.0 Å². The molecule has 10 heteroatoms. The van der Waals surface area contributed by atoms with Crippen molar-refractivity contribution in [3.63, 3.8) is 0 Å². The number of nitrogens with zero attached hydrogens (tertiary/aromatic N) is 2. The summed E-state index contributed by atoms with van der Waals surface area (Å²) in [5.41, 5.74) is 1.63. The van der Waals surface area contributed by atoms with Gasteiger partial charge in [0.2, 0.25) is 21.8 Å². The van der Waals surface area contributed by atoms with E-state index in [2.05, 4.69) is 5.32 Å². The second kappa shape index (κ2) is 14.6. The first kappa shape index (κ1) is 31.6. The molecule has 1 atom stereocenters. The van der Waals surface area contributed by atoms with E-state index in [-0.39, 0.29) is 48.7 Å². The molecule has 0 bridgehead atoms. The molecule has 7 nitrogen and oxygen atoms in total. The van der Waals surface area contributed by atoms with Gasteiger partial charge < -0.3 is 10.2 Å². The summed E-state index contributed by atoms with van der Waals surface area (Å²) in [6.45, 7) is 4.01. The van der Waals surface area contributed by atoms with Gasteiger partial charge in [-0.05, 0) is 55.7 Å². The molecular weight excluding hydrogens is 569 g/mol. The molecule has 0 radical (unpaired) electrons. The number of halogens is 2. The van der Waals surface area contributed by atoms with Crippen molar-refractivity contribution in [2.24, 2.45) is 0 Å². The fourth-order valence-electron chi connectivity index (χ4n) is 4.26. The second-order valence-corrected chi connectivity index (χ2v) is 12.7. The van der Waals surface area contributed by atoms with E-state index < -0.39 is 16.1 Å². The zero-order chi connectivity index (χ0) is 29.3. The van der Waals surface area contributed by atoms with Gasteiger partial charge in [0.15, 0.2) is 0 Å². The highest BCUT2D eigenvalue weighted by Gasteiger charge is 2.31. The van der Waals surface area contributed by atoms with Crippen molar-refractivity contribution in [3.05, 3.63) is 100 Å². The molecule has 214 valence electrons. The number of nitrogens with one attached hydrogen (secondary N) is 1. The third-order valence-electron chi connectivity index (χ3n) is 6.35. The van der Waals surface area contributed by atoms with Crippen molar-refractivity contribution in [2.75, 3.05) is 13.6 Å². The average Bonchev–Trinajstić information content (AvgIpc) is 2.93. The lowest BCUT2D eigenvalue weighted by Gasteiger charge is -2.32. The van der Waals surface area contributed by atoms with E-state index in [1.54, 1.807) is 41.3 Å². The molecule has 0 aliphatic heterocycles. The Morgan fingerprint density at radius 1 is 0.875 bits per heavy atom. The Balaban J connectivity index is 1.84. The summed E-state index contributed by atoms with van der Waals surface area (Å²) in [6, 6.07) is 21.9. The van der Waals surface area contributed by atoms with Gasteiger partial charge in [-0.1, -0.05) is 77.8 Å². The Morgan fingerprint density at radius 2 is 1.50 bits per heavy atom. The number of hydrogen-bond acceptors (Lipinski definition) is 4. The monoisotopic (exact) mass is 603 g/mol. The van der Waals surface area contributed by atoms with Crippen LogP contribution in [0.1, 0.15) is 37.8 Å². The molecule has 0 saturated carbocycles. The molecule has 1 unspecified atom stereocenters. The molecule has 1 N–H and O–H groups in total. The minimum atomic E-state index is -3.68. The molecule has 40 heavy (non-hydrogen) atoms. The number of benzene rings is 3. The summed E-state index contributed by atoms with van der Waals surface area (Å²) in [6.07, 6.45) is 0.647. The van der Waals surface area contributed by atoms with Crippen LogP contribution in [0.2, 0.25) is 10.0 Å². The van der Waals surface area contributed by atoms with Crippen LogP contribution in [0.25, 0.3) is 0 Å². The van der Waals surface area contributed by atoms with Crippen molar-refractivity contribution in [1.82, 2.24) is 14.5 Å². The highest BCUT2D eigenvalue weighted by molar-refractivity contribution is 7.89. The highest BCUT2D eigenvalue weighted by atomic mass is 35.5. The normalized spacial score (nSPS) is 12.4. The van der Waals surface area contributed by atoms with Gasteiger partial charge >= 0.3 is 0 Å². The van der Waals surface area contributed by atoms with Crippen LogP contribution in [0.15, 0.2) is 83.8 Å². The van der Waals surface area contributed by atoms with E-state index in [1.165, 1.54) is 23.5 Å². The number of hydrogen-bond donors (Lipinski definition) is 1. The summed E-state index contributed by atoms with van der Waals surface area (Å²) in [5, 5.41) is 3.69. The minimum Gasteiger partial charge on any atom is -0.352 e. The fourth-order valence-corrected chi connectivity index (χ4v) is 5.81. The molecular formula is C30H35Cl2N3O4S.